The van der Waals surface area contributed by atoms with Gasteiger partial charge in [0.15, 0.2) is 17.1 Å². The van der Waals surface area contributed by atoms with Gasteiger partial charge in [0, 0.05) is 11.6 Å². The fourth-order valence-corrected chi connectivity index (χ4v) is 3.43. The van der Waals surface area contributed by atoms with Crippen LogP contribution >= 0.6 is 0 Å². The van der Waals surface area contributed by atoms with E-state index in [1.54, 1.807) is 44.7 Å². The van der Waals surface area contributed by atoms with Crippen LogP contribution < -0.4 is 25.6 Å². The first-order chi connectivity index (χ1) is 16.0. The minimum atomic E-state index is -0.683. The summed E-state index contributed by atoms with van der Waals surface area (Å²) in [6.07, 6.45) is 1.61. The second kappa shape index (κ2) is 7.71. The summed E-state index contributed by atoms with van der Waals surface area (Å²) in [5.41, 5.74) is 7.39. The molecule has 0 fully saturated rings. The van der Waals surface area contributed by atoms with Crippen molar-refractivity contribution in [1.29, 1.82) is 0 Å². The van der Waals surface area contributed by atoms with E-state index < -0.39 is 5.63 Å². The van der Waals surface area contributed by atoms with Gasteiger partial charge in [-0.15, -0.1) is 0 Å². The van der Waals surface area contributed by atoms with Gasteiger partial charge in [-0.05, 0) is 29.8 Å². The zero-order valence-corrected chi connectivity index (χ0v) is 17.5. The SMILES string of the molecule is COc1ccc(-c2cnn3c(N)nc(Oc4ccc5c(O)cc(=O)oc5c4)nc23)cc1OC. The topological polar surface area (TPSA) is 147 Å². The van der Waals surface area contributed by atoms with Gasteiger partial charge in [-0.3, -0.25) is 0 Å². The zero-order chi connectivity index (χ0) is 23.1. The first-order valence-electron chi connectivity index (χ1n) is 9.65. The van der Waals surface area contributed by atoms with Crippen molar-refractivity contribution < 1.29 is 23.7 Å². The summed E-state index contributed by atoms with van der Waals surface area (Å²) in [5, 5.41) is 14.5. The maximum absolute atomic E-state index is 11.6. The van der Waals surface area contributed by atoms with Crippen LogP contribution in [0.15, 0.2) is 57.9 Å². The maximum atomic E-state index is 11.6. The van der Waals surface area contributed by atoms with Gasteiger partial charge < -0.3 is 29.5 Å². The van der Waals surface area contributed by atoms with E-state index in [1.807, 2.05) is 6.07 Å². The highest BCUT2D eigenvalue weighted by Crippen LogP contribution is 2.34. The third-order valence-corrected chi connectivity index (χ3v) is 4.97. The number of methoxy groups -OCH3 is 2. The minimum absolute atomic E-state index is 0.0379. The van der Waals surface area contributed by atoms with Crippen LogP contribution in [-0.4, -0.2) is 38.9 Å². The largest absolute Gasteiger partial charge is 0.507 e. The van der Waals surface area contributed by atoms with Crippen LogP contribution in [0.2, 0.25) is 0 Å². The molecule has 0 saturated heterocycles. The first kappa shape index (κ1) is 20.1. The van der Waals surface area contributed by atoms with E-state index in [0.29, 0.717) is 28.1 Å². The average Bonchev–Trinajstić information content (AvgIpc) is 3.22. The Morgan fingerprint density at radius 2 is 1.85 bits per heavy atom. The van der Waals surface area contributed by atoms with Crippen LogP contribution in [0.4, 0.5) is 5.95 Å². The maximum Gasteiger partial charge on any atom is 0.339 e. The molecule has 0 spiro atoms. The number of hydrogen-bond donors (Lipinski definition) is 2. The molecule has 3 aromatic heterocycles. The van der Waals surface area contributed by atoms with Gasteiger partial charge in [-0.2, -0.15) is 19.6 Å². The fraction of sp³-hybridized carbons (Fsp3) is 0.0909. The first-order valence-corrected chi connectivity index (χ1v) is 9.65. The van der Waals surface area contributed by atoms with Crippen molar-refractivity contribution in [3.63, 3.8) is 0 Å². The molecule has 3 heterocycles. The second-order valence-corrected chi connectivity index (χ2v) is 6.94. The molecular weight excluding hydrogens is 430 g/mol. The van der Waals surface area contributed by atoms with Crippen LogP contribution in [0.3, 0.4) is 0 Å². The summed E-state index contributed by atoms with van der Waals surface area (Å²) in [6.45, 7) is 0. The number of rotatable bonds is 5. The predicted molar refractivity (Wildman–Crippen MR) is 118 cm³/mol. The van der Waals surface area contributed by atoms with E-state index in [9.17, 15) is 9.90 Å². The van der Waals surface area contributed by atoms with E-state index in [1.165, 1.54) is 10.6 Å². The van der Waals surface area contributed by atoms with Crippen LogP contribution in [0.1, 0.15) is 0 Å². The normalized spacial score (nSPS) is 11.1. The van der Waals surface area contributed by atoms with Crippen LogP contribution in [0.5, 0.6) is 29.0 Å². The van der Waals surface area contributed by atoms with Gasteiger partial charge in [0.1, 0.15) is 17.1 Å². The van der Waals surface area contributed by atoms with Gasteiger partial charge >= 0.3 is 11.6 Å². The average molecular weight is 447 g/mol. The quantitative estimate of drug-likeness (QED) is 0.385. The van der Waals surface area contributed by atoms with Crippen molar-refractivity contribution in [1.82, 2.24) is 19.6 Å². The van der Waals surface area contributed by atoms with Crippen molar-refractivity contribution in [3.8, 4) is 40.1 Å². The molecule has 11 heteroatoms. The number of nitrogens with two attached hydrogens (primary N) is 1. The number of benzene rings is 2. The molecular formula is C22H17N5O6. The van der Waals surface area contributed by atoms with Gasteiger partial charge in [-0.25, -0.2) is 4.79 Å². The molecule has 2 aromatic carbocycles. The highest BCUT2D eigenvalue weighted by Gasteiger charge is 2.16. The molecule has 0 radical (unpaired) electrons. The second-order valence-electron chi connectivity index (χ2n) is 6.94. The Labute approximate surface area is 185 Å². The lowest BCUT2D eigenvalue weighted by atomic mass is 10.1. The third kappa shape index (κ3) is 3.51. The standard InChI is InChI=1S/C22H17N5O6/c1-30-16-6-3-11(7-18(16)31-2)14-10-24-27-20(14)25-22(26-21(27)23)32-12-4-5-13-15(28)9-19(29)33-17(13)8-12/h3-10,28H,1-2H3,(H2,23,25,26). The molecule has 0 bridgehead atoms. The van der Waals surface area contributed by atoms with E-state index >= 15 is 0 Å². The number of anilines is 1. The summed E-state index contributed by atoms with van der Waals surface area (Å²) < 4.78 is 22.9. The van der Waals surface area contributed by atoms with Crippen molar-refractivity contribution in [2.24, 2.45) is 0 Å². The van der Waals surface area contributed by atoms with E-state index in [4.69, 9.17) is 24.4 Å². The molecule has 0 saturated carbocycles. The summed E-state index contributed by atoms with van der Waals surface area (Å²) >= 11 is 0. The number of nitrogen functional groups attached to an aromatic ring is 1. The van der Waals surface area contributed by atoms with Crippen molar-refractivity contribution in [3.05, 3.63) is 59.1 Å². The Morgan fingerprint density at radius 3 is 2.64 bits per heavy atom. The molecule has 0 amide bonds. The van der Waals surface area contributed by atoms with Crippen molar-refractivity contribution >= 4 is 22.6 Å². The Balaban J connectivity index is 1.57. The number of aromatic nitrogens is 4. The van der Waals surface area contributed by atoms with Crippen LogP contribution in [-0.2, 0) is 0 Å². The molecule has 33 heavy (non-hydrogen) atoms. The summed E-state index contributed by atoms with van der Waals surface area (Å²) in [7, 11) is 3.11. The Hall–Kier alpha value is -4.80. The summed E-state index contributed by atoms with van der Waals surface area (Å²) in [4.78, 5) is 20.2. The number of fused-ring (bicyclic) bond motifs is 2. The van der Waals surface area contributed by atoms with Crippen molar-refractivity contribution in [2.75, 3.05) is 20.0 Å². The molecule has 0 aliphatic heterocycles. The lowest BCUT2D eigenvalue weighted by molar-refractivity contribution is 0.355. The predicted octanol–water partition coefficient (Wildman–Crippen LogP) is 3.00. The van der Waals surface area contributed by atoms with E-state index in [2.05, 4.69) is 15.1 Å². The van der Waals surface area contributed by atoms with Gasteiger partial charge in [0.05, 0.1) is 31.9 Å². The highest BCUT2D eigenvalue weighted by atomic mass is 16.5. The highest BCUT2D eigenvalue weighted by molar-refractivity contribution is 5.84. The van der Waals surface area contributed by atoms with E-state index in [0.717, 1.165) is 11.6 Å². The molecule has 0 aliphatic carbocycles. The van der Waals surface area contributed by atoms with Crippen molar-refractivity contribution in [2.45, 2.75) is 0 Å². The molecule has 0 unspecified atom stereocenters. The van der Waals surface area contributed by atoms with Gasteiger partial charge in [0.25, 0.3) is 0 Å². The Kier molecular flexibility index (Phi) is 4.70. The molecule has 0 aliphatic rings. The van der Waals surface area contributed by atoms with E-state index in [-0.39, 0.29) is 29.0 Å². The number of ether oxygens (including phenoxy) is 3. The van der Waals surface area contributed by atoms with Crippen LogP contribution in [0, 0.1) is 0 Å². The molecule has 5 aromatic rings. The third-order valence-electron chi connectivity index (χ3n) is 4.97. The zero-order valence-electron chi connectivity index (χ0n) is 17.5. The number of nitrogens with zero attached hydrogens (tertiary/aromatic N) is 4. The lowest BCUT2D eigenvalue weighted by Gasteiger charge is -2.09. The molecule has 11 nitrogen and oxygen atoms in total. The lowest BCUT2D eigenvalue weighted by Crippen LogP contribution is -2.05. The monoisotopic (exact) mass is 447 g/mol. The van der Waals surface area contributed by atoms with Gasteiger partial charge in [-0.1, -0.05) is 6.07 Å². The van der Waals surface area contributed by atoms with Crippen LogP contribution in [0.25, 0.3) is 27.7 Å². The fourth-order valence-electron chi connectivity index (χ4n) is 3.43. The summed E-state index contributed by atoms with van der Waals surface area (Å²) in [5.74, 6) is 1.30. The molecule has 0 atom stereocenters. The summed E-state index contributed by atoms with van der Waals surface area (Å²) in [6, 6.07) is 11.0. The molecule has 166 valence electrons. The Bertz CT molecular complexity index is 1580. The number of aromatic hydroxyl groups is 1. The molecule has 3 N–H and O–H groups in total. The minimum Gasteiger partial charge on any atom is -0.507 e. The smallest absolute Gasteiger partial charge is 0.339 e. The number of hydrogen-bond acceptors (Lipinski definition) is 10. The Morgan fingerprint density at radius 1 is 1.03 bits per heavy atom. The molecule has 5 rings (SSSR count). The van der Waals surface area contributed by atoms with Gasteiger partial charge in [0.2, 0.25) is 5.95 Å².